The lowest BCUT2D eigenvalue weighted by Crippen LogP contribution is -2.28. The number of rotatable bonds is 7. The number of amides is 1. The molecule has 0 aliphatic carbocycles. The fourth-order valence-corrected chi connectivity index (χ4v) is 1.63. The number of nitrogens with one attached hydrogen (secondary N) is 1. The minimum Gasteiger partial charge on any atom is -0.396 e. The molecule has 1 heterocycles. The third-order valence-electron chi connectivity index (χ3n) is 2.72. The minimum atomic E-state index is -0.0731. The van der Waals surface area contributed by atoms with Gasteiger partial charge in [-0.1, -0.05) is 6.07 Å². The molecule has 2 N–H and O–H groups in total. The Balaban J connectivity index is 2.51. The average Bonchev–Trinajstić information content (AvgIpc) is 2.42. The van der Waals surface area contributed by atoms with Gasteiger partial charge in [-0.2, -0.15) is 0 Å². The van der Waals surface area contributed by atoms with Crippen molar-refractivity contribution < 1.29 is 9.90 Å². The van der Waals surface area contributed by atoms with E-state index in [1.54, 1.807) is 25.1 Å². The van der Waals surface area contributed by atoms with Crippen LogP contribution in [0.4, 0.5) is 5.82 Å². The van der Waals surface area contributed by atoms with Crippen LogP contribution in [0.3, 0.4) is 0 Å². The summed E-state index contributed by atoms with van der Waals surface area (Å²) in [4.78, 5) is 17.9. The SMILES string of the molecule is CNc1cccc(C(=O)N(C)CCCCCO)n1. The molecule has 0 atom stereocenters. The zero-order valence-electron chi connectivity index (χ0n) is 11.0. The Hall–Kier alpha value is -1.62. The fraction of sp³-hybridized carbons (Fsp3) is 0.538. The second-order valence-corrected chi connectivity index (χ2v) is 4.17. The van der Waals surface area contributed by atoms with Crippen LogP contribution in [0.25, 0.3) is 0 Å². The van der Waals surface area contributed by atoms with Crippen molar-refractivity contribution in [1.29, 1.82) is 0 Å². The first-order chi connectivity index (χ1) is 8.69. The third kappa shape index (κ3) is 4.33. The zero-order valence-corrected chi connectivity index (χ0v) is 11.0. The van der Waals surface area contributed by atoms with Crippen molar-refractivity contribution >= 4 is 11.7 Å². The molecule has 1 aromatic rings. The Kier molecular flexibility index (Phi) is 6.14. The molecule has 0 aliphatic rings. The standard InChI is InChI=1S/C13H21N3O2/c1-14-12-8-6-7-11(15-12)13(18)16(2)9-4-3-5-10-17/h6-8,17H,3-5,9-10H2,1-2H3,(H,14,15). The molecule has 0 radical (unpaired) electrons. The van der Waals surface area contributed by atoms with Gasteiger partial charge in [0.1, 0.15) is 11.5 Å². The summed E-state index contributed by atoms with van der Waals surface area (Å²) in [6, 6.07) is 5.34. The fourth-order valence-electron chi connectivity index (χ4n) is 1.63. The molecule has 18 heavy (non-hydrogen) atoms. The van der Waals surface area contributed by atoms with E-state index >= 15 is 0 Å². The number of pyridine rings is 1. The average molecular weight is 251 g/mol. The highest BCUT2D eigenvalue weighted by molar-refractivity contribution is 5.92. The van der Waals surface area contributed by atoms with Crippen molar-refractivity contribution in [3.8, 4) is 0 Å². The maximum absolute atomic E-state index is 12.1. The molecule has 0 aromatic carbocycles. The van der Waals surface area contributed by atoms with Gasteiger partial charge in [0.25, 0.3) is 5.91 Å². The Morgan fingerprint density at radius 1 is 1.39 bits per heavy atom. The van der Waals surface area contributed by atoms with Crippen molar-refractivity contribution in [3.63, 3.8) is 0 Å². The Labute approximate surface area is 108 Å². The molecule has 0 aliphatic heterocycles. The van der Waals surface area contributed by atoms with Crippen LogP contribution in [0.5, 0.6) is 0 Å². The zero-order chi connectivity index (χ0) is 13.4. The van der Waals surface area contributed by atoms with Crippen LogP contribution in [-0.4, -0.2) is 48.1 Å². The first-order valence-electron chi connectivity index (χ1n) is 6.20. The molecule has 0 bridgehead atoms. The Morgan fingerprint density at radius 2 is 2.17 bits per heavy atom. The lowest BCUT2D eigenvalue weighted by atomic mass is 10.2. The highest BCUT2D eigenvalue weighted by Crippen LogP contribution is 2.07. The van der Waals surface area contributed by atoms with Gasteiger partial charge >= 0.3 is 0 Å². The molecule has 0 fully saturated rings. The van der Waals surface area contributed by atoms with Gasteiger partial charge in [0.15, 0.2) is 0 Å². The van der Waals surface area contributed by atoms with Gasteiger partial charge in [-0.15, -0.1) is 0 Å². The van der Waals surface area contributed by atoms with E-state index in [4.69, 9.17) is 5.11 Å². The molecule has 1 rings (SSSR count). The summed E-state index contributed by atoms with van der Waals surface area (Å²) in [7, 11) is 3.55. The maximum Gasteiger partial charge on any atom is 0.272 e. The predicted molar refractivity (Wildman–Crippen MR) is 71.7 cm³/mol. The first kappa shape index (κ1) is 14.4. The third-order valence-corrected chi connectivity index (χ3v) is 2.72. The normalized spacial score (nSPS) is 10.2. The summed E-state index contributed by atoms with van der Waals surface area (Å²) >= 11 is 0. The predicted octanol–water partition coefficient (Wildman–Crippen LogP) is 1.36. The molecule has 0 unspecified atom stereocenters. The van der Waals surface area contributed by atoms with Gasteiger partial charge in [-0.05, 0) is 31.4 Å². The summed E-state index contributed by atoms with van der Waals surface area (Å²) in [6.07, 6.45) is 2.61. The number of aliphatic hydroxyl groups is 1. The second-order valence-electron chi connectivity index (χ2n) is 4.17. The second kappa shape index (κ2) is 7.66. The van der Waals surface area contributed by atoms with Gasteiger partial charge in [-0.25, -0.2) is 4.98 Å². The van der Waals surface area contributed by atoms with E-state index < -0.39 is 0 Å². The first-order valence-corrected chi connectivity index (χ1v) is 6.20. The molecule has 5 nitrogen and oxygen atoms in total. The number of unbranched alkanes of at least 4 members (excludes halogenated alkanes) is 2. The Bertz CT molecular complexity index is 382. The van der Waals surface area contributed by atoms with Crippen molar-refractivity contribution in [3.05, 3.63) is 23.9 Å². The molecule has 100 valence electrons. The number of anilines is 1. The summed E-state index contributed by atoms with van der Waals surface area (Å²) in [5.41, 5.74) is 0.450. The number of carbonyl (C=O) groups is 1. The molecule has 0 saturated carbocycles. The van der Waals surface area contributed by atoms with E-state index in [-0.39, 0.29) is 12.5 Å². The molecule has 0 saturated heterocycles. The Morgan fingerprint density at radius 3 is 2.83 bits per heavy atom. The maximum atomic E-state index is 12.1. The topological polar surface area (TPSA) is 65.5 Å². The number of nitrogens with zero attached hydrogens (tertiary/aromatic N) is 2. The summed E-state index contributed by atoms with van der Waals surface area (Å²) < 4.78 is 0. The van der Waals surface area contributed by atoms with E-state index in [0.717, 1.165) is 19.3 Å². The van der Waals surface area contributed by atoms with Gasteiger partial charge in [0.2, 0.25) is 0 Å². The van der Waals surface area contributed by atoms with Crippen LogP contribution in [0.2, 0.25) is 0 Å². The lowest BCUT2D eigenvalue weighted by Gasteiger charge is -2.16. The van der Waals surface area contributed by atoms with Crippen molar-refractivity contribution in [2.45, 2.75) is 19.3 Å². The molecule has 0 spiro atoms. The van der Waals surface area contributed by atoms with Crippen molar-refractivity contribution in [1.82, 2.24) is 9.88 Å². The van der Waals surface area contributed by atoms with Crippen molar-refractivity contribution in [2.75, 3.05) is 32.6 Å². The number of carbonyl (C=O) groups excluding carboxylic acids is 1. The van der Waals surface area contributed by atoms with Crippen molar-refractivity contribution in [2.24, 2.45) is 0 Å². The van der Waals surface area contributed by atoms with E-state index in [9.17, 15) is 4.79 Å². The van der Waals surface area contributed by atoms with E-state index in [0.29, 0.717) is 18.1 Å². The number of hydrogen-bond donors (Lipinski definition) is 2. The van der Waals surface area contributed by atoms with Crippen LogP contribution in [-0.2, 0) is 0 Å². The summed E-state index contributed by atoms with van der Waals surface area (Å²) in [5.74, 6) is 0.616. The van der Waals surface area contributed by atoms with E-state index in [1.807, 2.05) is 12.1 Å². The van der Waals surface area contributed by atoms with Crippen LogP contribution < -0.4 is 5.32 Å². The molecular weight excluding hydrogens is 230 g/mol. The van der Waals surface area contributed by atoms with Gasteiger partial charge < -0.3 is 15.3 Å². The van der Waals surface area contributed by atoms with Crippen LogP contribution in [0.1, 0.15) is 29.8 Å². The molecule has 5 heteroatoms. The smallest absolute Gasteiger partial charge is 0.272 e. The lowest BCUT2D eigenvalue weighted by molar-refractivity contribution is 0.0786. The number of aliphatic hydroxyl groups excluding tert-OH is 1. The number of hydrogen-bond acceptors (Lipinski definition) is 4. The minimum absolute atomic E-state index is 0.0731. The molecular formula is C13H21N3O2. The number of aromatic nitrogens is 1. The highest BCUT2D eigenvalue weighted by atomic mass is 16.2. The summed E-state index contributed by atoms with van der Waals surface area (Å²) in [5, 5.41) is 11.6. The largest absolute Gasteiger partial charge is 0.396 e. The highest BCUT2D eigenvalue weighted by Gasteiger charge is 2.12. The van der Waals surface area contributed by atoms with Gasteiger partial charge in [0.05, 0.1) is 0 Å². The van der Waals surface area contributed by atoms with Crippen LogP contribution in [0, 0.1) is 0 Å². The summed E-state index contributed by atoms with van der Waals surface area (Å²) in [6.45, 7) is 0.897. The molecule has 1 aromatic heterocycles. The monoisotopic (exact) mass is 251 g/mol. The van der Waals surface area contributed by atoms with Crippen LogP contribution in [0.15, 0.2) is 18.2 Å². The van der Waals surface area contributed by atoms with E-state index in [2.05, 4.69) is 10.3 Å². The quantitative estimate of drug-likeness (QED) is 0.718. The van der Waals surface area contributed by atoms with Gasteiger partial charge in [-0.3, -0.25) is 4.79 Å². The van der Waals surface area contributed by atoms with Crippen LogP contribution >= 0.6 is 0 Å². The van der Waals surface area contributed by atoms with E-state index in [1.165, 1.54) is 0 Å². The molecule has 1 amide bonds. The van der Waals surface area contributed by atoms with Gasteiger partial charge in [0, 0.05) is 27.2 Å².